The molecule has 5 heteroatoms. The number of nitrogens with one attached hydrogen (secondary N) is 2. The van der Waals surface area contributed by atoms with Crippen LogP contribution < -0.4 is 10.2 Å². The predicted octanol–water partition coefficient (Wildman–Crippen LogP) is 4.03. The molecule has 2 aliphatic rings. The molecule has 29 heavy (non-hydrogen) atoms. The Balaban J connectivity index is 1.28. The van der Waals surface area contributed by atoms with Crippen LogP contribution in [0.4, 0.5) is 5.69 Å². The molecule has 5 nitrogen and oxygen atoms in total. The van der Waals surface area contributed by atoms with Gasteiger partial charge in [-0.1, -0.05) is 30.3 Å². The van der Waals surface area contributed by atoms with Crippen LogP contribution in [0.15, 0.2) is 48.5 Å². The van der Waals surface area contributed by atoms with E-state index in [0.717, 1.165) is 54.7 Å². The maximum absolute atomic E-state index is 12.9. The zero-order valence-corrected chi connectivity index (χ0v) is 16.4. The lowest BCUT2D eigenvalue weighted by atomic mass is 9.86. The van der Waals surface area contributed by atoms with Gasteiger partial charge in [0.1, 0.15) is 0 Å². The SMILES string of the molecule is O=C(NCc1ccc(N2CCCC2=O)cc1)C1CCCc2c1[nH]c1ccccc21. The van der Waals surface area contributed by atoms with Crippen LogP contribution in [0.3, 0.4) is 0 Å². The standard InChI is InChI=1S/C24H25N3O2/c28-22-9-4-14-27(22)17-12-10-16(11-13-17)15-25-24(29)20-7-3-6-19-18-5-1-2-8-21(18)26-23(19)20/h1-2,5,8,10-13,20,26H,3-4,6-7,9,14-15H2,(H,25,29). The minimum absolute atomic E-state index is 0.0799. The van der Waals surface area contributed by atoms with E-state index in [4.69, 9.17) is 0 Å². The molecule has 0 bridgehead atoms. The number of aromatic nitrogens is 1. The number of H-pyrrole nitrogens is 1. The third-order valence-electron chi connectivity index (χ3n) is 6.22. The van der Waals surface area contributed by atoms with Crippen LogP contribution in [-0.4, -0.2) is 23.3 Å². The number of amides is 2. The van der Waals surface area contributed by atoms with Gasteiger partial charge in [-0.2, -0.15) is 0 Å². The molecular weight excluding hydrogens is 362 g/mol. The second-order valence-electron chi connectivity index (χ2n) is 8.04. The highest BCUT2D eigenvalue weighted by Crippen LogP contribution is 2.36. The smallest absolute Gasteiger partial charge is 0.229 e. The number of aryl methyl sites for hydroxylation is 1. The summed E-state index contributed by atoms with van der Waals surface area (Å²) in [7, 11) is 0. The average molecular weight is 387 g/mol. The second-order valence-corrected chi connectivity index (χ2v) is 8.04. The minimum Gasteiger partial charge on any atom is -0.357 e. The summed E-state index contributed by atoms with van der Waals surface area (Å²) in [6.07, 6.45) is 4.50. The zero-order chi connectivity index (χ0) is 19.8. The van der Waals surface area contributed by atoms with Crippen molar-refractivity contribution in [3.05, 3.63) is 65.4 Å². The Morgan fingerprint density at radius 3 is 2.69 bits per heavy atom. The lowest BCUT2D eigenvalue weighted by Crippen LogP contribution is -2.31. The first-order valence-corrected chi connectivity index (χ1v) is 10.5. The summed E-state index contributed by atoms with van der Waals surface area (Å²) in [6.45, 7) is 1.29. The molecule has 0 radical (unpaired) electrons. The van der Waals surface area contributed by atoms with Crippen molar-refractivity contribution in [1.29, 1.82) is 0 Å². The summed E-state index contributed by atoms with van der Waals surface area (Å²) in [5.41, 5.74) is 5.48. The van der Waals surface area contributed by atoms with Gasteiger partial charge in [0.05, 0.1) is 5.92 Å². The fraction of sp³-hybridized carbons (Fsp3) is 0.333. The molecule has 1 aliphatic heterocycles. The summed E-state index contributed by atoms with van der Waals surface area (Å²) in [6, 6.07) is 16.2. The number of hydrogen-bond donors (Lipinski definition) is 2. The largest absolute Gasteiger partial charge is 0.357 e. The molecule has 2 aromatic carbocycles. The number of hydrogen-bond acceptors (Lipinski definition) is 2. The number of fused-ring (bicyclic) bond motifs is 3. The Morgan fingerprint density at radius 1 is 1.07 bits per heavy atom. The van der Waals surface area contributed by atoms with Crippen LogP contribution in [-0.2, 0) is 22.6 Å². The van der Waals surface area contributed by atoms with E-state index in [1.54, 1.807) is 0 Å². The number of carbonyl (C=O) groups is 2. The molecule has 1 aliphatic carbocycles. The molecule has 1 fully saturated rings. The Bertz CT molecular complexity index is 1070. The molecule has 148 valence electrons. The van der Waals surface area contributed by atoms with E-state index in [9.17, 15) is 9.59 Å². The van der Waals surface area contributed by atoms with Crippen molar-refractivity contribution >= 4 is 28.4 Å². The predicted molar refractivity (Wildman–Crippen MR) is 114 cm³/mol. The minimum atomic E-state index is -0.118. The van der Waals surface area contributed by atoms with Crippen LogP contribution >= 0.6 is 0 Å². The van der Waals surface area contributed by atoms with Gasteiger partial charge in [0.25, 0.3) is 0 Å². The Labute approximate surface area is 170 Å². The summed E-state index contributed by atoms with van der Waals surface area (Å²) in [5, 5.41) is 4.35. The van der Waals surface area contributed by atoms with Crippen LogP contribution in [0.1, 0.15) is 48.4 Å². The highest BCUT2D eigenvalue weighted by molar-refractivity contribution is 5.95. The maximum Gasteiger partial charge on any atom is 0.229 e. The third kappa shape index (κ3) is 3.31. The number of anilines is 1. The van der Waals surface area contributed by atoms with E-state index in [1.807, 2.05) is 35.2 Å². The van der Waals surface area contributed by atoms with E-state index < -0.39 is 0 Å². The molecule has 1 atom stereocenters. The molecule has 1 unspecified atom stereocenters. The summed E-state index contributed by atoms with van der Waals surface area (Å²) in [5.74, 6) is 0.154. The van der Waals surface area contributed by atoms with E-state index in [1.165, 1.54) is 10.9 Å². The first-order valence-electron chi connectivity index (χ1n) is 10.5. The average Bonchev–Trinajstić information content (AvgIpc) is 3.35. The second kappa shape index (κ2) is 7.39. The van der Waals surface area contributed by atoms with E-state index in [-0.39, 0.29) is 17.7 Å². The molecule has 1 aromatic heterocycles. The fourth-order valence-electron chi connectivity index (χ4n) is 4.70. The topological polar surface area (TPSA) is 65.2 Å². The number of rotatable bonds is 4. The van der Waals surface area contributed by atoms with Gasteiger partial charge < -0.3 is 15.2 Å². The van der Waals surface area contributed by atoms with Crippen molar-refractivity contribution in [3.63, 3.8) is 0 Å². The van der Waals surface area contributed by atoms with Crippen molar-refractivity contribution in [2.24, 2.45) is 0 Å². The Hall–Kier alpha value is -3.08. The molecule has 0 saturated carbocycles. The highest BCUT2D eigenvalue weighted by atomic mass is 16.2. The van der Waals surface area contributed by atoms with Gasteiger partial charge in [0.15, 0.2) is 0 Å². The Kier molecular flexibility index (Phi) is 4.58. The van der Waals surface area contributed by atoms with Gasteiger partial charge in [-0.25, -0.2) is 0 Å². The number of aromatic amines is 1. The van der Waals surface area contributed by atoms with Crippen molar-refractivity contribution < 1.29 is 9.59 Å². The van der Waals surface area contributed by atoms with Gasteiger partial charge in [0.2, 0.25) is 11.8 Å². The van der Waals surface area contributed by atoms with Gasteiger partial charge in [-0.05, 0) is 55.0 Å². The number of nitrogens with zero attached hydrogens (tertiary/aromatic N) is 1. The van der Waals surface area contributed by atoms with Crippen molar-refractivity contribution in [1.82, 2.24) is 10.3 Å². The molecule has 2 amide bonds. The molecule has 5 rings (SSSR count). The van der Waals surface area contributed by atoms with E-state index >= 15 is 0 Å². The van der Waals surface area contributed by atoms with Gasteiger partial charge >= 0.3 is 0 Å². The van der Waals surface area contributed by atoms with Crippen LogP contribution in [0, 0.1) is 0 Å². The van der Waals surface area contributed by atoms with Crippen LogP contribution in [0.25, 0.3) is 10.9 Å². The molecule has 1 saturated heterocycles. The number of carbonyl (C=O) groups excluding carboxylic acids is 2. The van der Waals surface area contributed by atoms with Gasteiger partial charge in [-0.3, -0.25) is 9.59 Å². The summed E-state index contributed by atoms with van der Waals surface area (Å²) < 4.78 is 0. The molecule has 0 spiro atoms. The summed E-state index contributed by atoms with van der Waals surface area (Å²) in [4.78, 5) is 30.2. The third-order valence-corrected chi connectivity index (χ3v) is 6.22. The summed E-state index contributed by atoms with van der Waals surface area (Å²) >= 11 is 0. The molecule has 3 aromatic rings. The van der Waals surface area contributed by atoms with E-state index in [0.29, 0.717) is 13.0 Å². The van der Waals surface area contributed by atoms with E-state index in [2.05, 4.69) is 28.5 Å². The van der Waals surface area contributed by atoms with Crippen molar-refractivity contribution in [2.75, 3.05) is 11.4 Å². The highest BCUT2D eigenvalue weighted by Gasteiger charge is 2.29. The van der Waals surface area contributed by atoms with Crippen molar-refractivity contribution in [3.8, 4) is 0 Å². The van der Waals surface area contributed by atoms with Crippen molar-refractivity contribution in [2.45, 2.75) is 44.6 Å². The number of benzene rings is 2. The van der Waals surface area contributed by atoms with Crippen LogP contribution in [0.5, 0.6) is 0 Å². The van der Waals surface area contributed by atoms with Gasteiger partial charge in [-0.15, -0.1) is 0 Å². The van der Waals surface area contributed by atoms with Gasteiger partial charge in [0, 0.05) is 41.8 Å². The molecule has 2 heterocycles. The maximum atomic E-state index is 12.9. The first-order chi connectivity index (χ1) is 14.2. The fourth-order valence-corrected chi connectivity index (χ4v) is 4.70. The number of para-hydroxylation sites is 1. The molecule has 2 N–H and O–H groups in total. The normalized spacial score (nSPS) is 18.8. The molecular formula is C24H25N3O2. The quantitative estimate of drug-likeness (QED) is 0.710. The zero-order valence-electron chi connectivity index (χ0n) is 16.4. The monoisotopic (exact) mass is 387 g/mol. The lowest BCUT2D eigenvalue weighted by molar-refractivity contribution is -0.123. The lowest BCUT2D eigenvalue weighted by Gasteiger charge is -2.22. The first kappa shape index (κ1) is 18.0. The van der Waals surface area contributed by atoms with Crippen LogP contribution in [0.2, 0.25) is 0 Å². The Morgan fingerprint density at radius 2 is 1.90 bits per heavy atom.